The number of methoxy groups -OCH3 is 1. The molecule has 35 heavy (non-hydrogen) atoms. The quantitative estimate of drug-likeness (QED) is 0.293. The summed E-state index contributed by atoms with van der Waals surface area (Å²) < 4.78 is 10.8. The summed E-state index contributed by atoms with van der Waals surface area (Å²) in [6.07, 6.45) is 0. The molecule has 8 nitrogen and oxygen atoms in total. The van der Waals surface area contributed by atoms with Crippen molar-refractivity contribution in [1.82, 2.24) is 9.97 Å². The highest BCUT2D eigenvalue weighted by Gasteiger charge is 2.08. The number of hydrogen-bond donors (Lipinski definition) is 3. The predicted octanol–water partition coefficient (Wildman–Crippen LogP) is 5.61. The molecule has 4 rings (SSSR count). The monoisotopic (exact) mass is 469 g/mol. The Labute approximate surface area is 204 Å². The number of aromatic nitrogens is 2. The van der Waals surface area contributed by atoms with Crippen molar-refractivity contribution in [3.63, 3.8) is 0 Å². The van der Waals surface area contributed by atoms with Crippen LogP contribution in [-0.2, 0) is 4.79 Å². The average molecular weight is 470 g/mol. The summed E-state index contributed by atoms with van der Waals surface area (Å²) in [4.78, 5) is 21.2. The number of carbonyl (C=O) groups excluding carboxylic acids is 1. The maximum atomic E-state index is 12.3. The number of ether oxygens (including phenoxy) is 2. The molecule has 0 aliphatic rings. The number of aryl methyl sites for hydroxylation is 2. The number of anilines is 5. The highest BCUT2D eigenvalue weighted by Crippen LogP contribution is 2.26. The maximum Gasteiger partial charge on any atom is 0.262 e. The molecule has 0 bridgehead atoms. The standard InChI is InChI=1S/C27H27N5O3/c1-18-8-10-20(11-9-18)30-25-16-26(29-19(2)28-25)31-21-12-14-22(15-13-21)32-27(33)17-35-24-7-5-4-6-23(24)34-3/h4-16H,17H2,1-3H3,(H,32,33)(H2,28,29,30,31). The van der Waals surface area contributed by atoms with Gasteiger partial charge in [0.2, 0.25) is 0 Å². The van der Waals surface area contributed by atoms with Crippen LogP contribution in [0.25, 0.3) is 0 Å². The van der Waals surface area contributed by atoms with Gasteiger partial charge in [0.05, 0.1) is 7.11 Å². The molecular weight excluding hydrogens is 442 g/mol. The van der Waals surface area contributed by atoms with Crippen LogP contribution >= 0.6 is 0 Å². The minimum Gasteiger partial charge on any atom is -0.493 e. The molecule has 1 aromatic heterocycles. The predicted molar refractivity (Wildman–Crippen MR) is 138 cm³/mol. The maximum absolute atomic E-state index is 12.3. The first kappa shape index (κ1) is 23.6. The van der Waals surface area contributed by atoms with Gasteiger partial charge in [-0.25, -0.2) is 9.97 Å². The number of nitrogens with one attached hydrogen (secondary N) is 3. The second-order valence-electron chi connectivity index (χ2n) is 7.87. The Morgan fingerprint density at radius 1 is 0.771 bits per heavy atom. The van der Waals surface area contributed by atoms with Crippen LogP contribution in [0.15, 0.2) is 78.9 Å². The summed E-state index contributed by atoms with van der Waals surface area (Å²) in [5.41, 5.74) is 3.63. The number of hydrogen-bond acceptors (Lipinski definition) is 7. The third kappa shape index (κ3) is 6.70. The molecule has 0 spiro atoms. The molecule has 0 aliphatic heterocycles. The number of carbonyl (C=O) groups is 1. The summed E-state index contributed by atoms with van der Waals surface area (Å²) in [6, 6.07) is 24.5. The van der Waals surface area contributed by atoms with Gasteiger partial charge in [-0.1, -0.05) is 29.8 Å². The number of para-hydroxylation sites is 2. The molecule has 0 radical (unpaired) electrons. The molecule has 0 atom stereocenters. The lowest BCUT2D eigenvalue weighted by molar-refractivity contribution is -0.118. The topological polar surface area (TPSA) is 97.4 Å². The van der Waals surface area contributed by atoms with Gasteiger partial charge in [-0.3, -0.25) is 4.79 Å². The van der Waals surface area contributed by atoms with Crippen molar-refractivity contribution in [1.29, 1.82) is 0 Å². The SMILES string of the molecule is COc1ccccc1OCC(=O)Nc1ccc(Nc2cc(Nc3ccc(C)cc3)nc(C)n2)cc1. The van der Waals surface area contributed by atoms with E-state index in [-0.39, 0.29) is 12.5 Å². The lowest BCUT2D eigenvalue weighted by Gasteiger charge is -2.12. The normalized spacial score (nSPS) is 10.4. The van der Waals surface area contributed by atoms with Crippen molar-refractivity contribution >= 4 is 34.6 Å². The van der Waals surface area contributed by atoms with Crippen LogP contribution in [0.4, 0.5) is 28.7 Å². The zero-order chi connectivity index (χ0) is 24.6. The van der Waals surface area contributed by atoms with Crippen LogP contribution in [0.5, 0.6) is 11.5 Å². The lowest BCUT2D eigenvalue weighted by Crippen LogP contribution is -2.20. The van der Waals surface area contributed by atoms with E-state index in [9.17, 15) is 4.79 Å². The van der Waals surface area contributed by atoms with Gasteiger partial charge in [0.25, 0.3) is 5.91 Å². The van der Waals surface area contributed by atoms with Crippen LogP contribution in [-0.4, -0.2) is 29.6 Å². The Hall–Kier alpha value is -4.59. The van der Waals surface area contributed by atoms with E-state index in [2.05, 4.69) is 25.9 Å². The molecule has 0 saturated heterocycles. The third-order valence-corrected chi connectivity index (χ3v) is 5.03. The highest BCUT2D eigenvalue weighted by molar-refractivity contribution is 5.92. The van der Waals surface area contributed by atoms with Crippen LogP contribution < -0.4 is 25.4 Å². The first-order valence-corrected chi connectivity index (χ1v) is 11.1. The molecule has 1 amide bonds. The molecule has 0 aliphatic carbocycles. The van der Waals surface area contributed by atoms with E-state index in [1.807, 2.05) is 80.6 Å². The fraction of sp³-hybridized carbons (Fsp3) is 0.148. The van der Waals surface area contributed by atoms with E-state index in [1.165, 1.54) is 5.56 Å². The van der Waals surface area contributed by atoms with E-state index in [0.29, 0.717) is 34.6 Å². The van der Waals surface area contributed by atoms with Gasteiger partial charge in [0.15, 0.2) is 18.1 Å². The third-order valence-electron chi connectivity index (χ3n) is 5.03. The second kappa shape index (κ2) is 11.0. The molecule has 8 heteroatoms. The first-order valence-electron chi connectivity index (χ1n) is 11.1. The van der Waals surface area contributed by atoms with Crippen LogP contribution in [0.1, 0.15) is 11.4 Å². The van der Waals surface area contributed by atoms with E-state index in [0.717, 1.165) is 11.4 Å². The van der Waals surface area contributed by atoms with E-state index >= 15 is 0 Å². The van der Waals surface area contributed by atoms with E-state index < -0.39 is 0 Å². The Bertz CT molecular complexity index is 1290. The Kier molecular flexibility index (Phi) is 7.42. The Morgan fingerprint density at radius 2 is 1.31 bits per heavy atom. The molecular formula is C27H27N5O3. The molecule has 3 aromatic carbocycles. The zero-order valence-electron chi connectivity index (χ0n) is 19.8. The minimum atomic E-state index is -0.269. The Morgan fingerprint density at radius 3 is 1.91 bits per heavy atom. The van der Waals surface area contributed by atoms with Crippen molar-refractivity contribution in [2.45, 2.75) is 13.8 Å². The zero-order valence-corrected chi connectivity index (χ0v) is 19.8. The Balaban J connectivity index is 1.34. The molecule has 0 fully saturated rings. The summed E-state index contributed by atoms with van der Waals surface area (Å²) in [5, 5.41) is 9.40. The highest BCUT2D eigenvalue weighted by atomic mass is 16.5. The van der Waals surface area contributed by atoms with Gasteiger partial charge in [-0.2, -0.15) is 0 Å². The van der Waals surface area contributed by atoms with Crippen LogP contribution in [0.3, 0.4) is 0 Å². The summed E-state index contributed by atoms with van der Waals surface area (Å²) in [7, 11) is 1.56. The second-order valence-corrected chi connectivity index (χ2v) is 7.87. The number of amides is 1. The molecule has 3 N–H and O–H groups in total. The van der Waals surface area contributed by atoms with Crippen molar-refractivity contribution < 1.29 is 14.3 Å². The van der Waals surface area contributed by atoms with Gasteiger partial charge >= 0.3 is 0 Å². The van der Waals surface area contributed by atoms with Crippen LogP contribution in [0.2, 0.25) is 0 Å². The van der Waals surface area contributed by atoms with Crippen molar-refractivity contribution in [2.24, 2.45) is 0 Å². The molecule has 0 saturated carbocycles. The van der Waals surface area contributed by atoms with Crippen molar-refractivity contribution in [3.05, 3.63) is 90.3 Å². The lowest BCUT2D eigenvalue weighted by atomic mass is 10.2. The first-order chi connectivity index (χ1) is 17.0. The number of rotatable bonds is 9. The van der Waals surface area contributed by atoms with Crippen molar-refractivity contribution in [3.8, 4) is 11.5 Å². The number of benzene rings is 3. The van der Waals surface area contributed by atoms with Crippen LogP contribution in [0, 0.1) is 13.8 Å². The minimum absolute atomic E-state index is 0.128. The van der Waals surface area contributed by atoms with Gasteiger partial charge in [0.1, 0.15) is 17.5 Å². The fourth-order valence-electron chi connectivity index (χ4n) is 3.34. The van der Waals surface area contributed by atoms with Gasteiger partial charge < -0.3 is 25.4 Å². The van der Waals surface area contributed by atoms with E-state index in [4.69, 9.17) is 9.47 Å². The van der Waals surface area contributed by atoms with Gasteiger partial charge in [-0.15, -0.1) is 0 Å². The largest absolute Gasteiger partial charge is 0.493 e. The average Bonchev–Trinajstić information content (AvgIpc) is 2.85. The van der Waals surface area contributed by atoms with Gasteiger partial charge in [-0.05, 0) is 62.4 Å². The molecule has 4 aromatic rings. The fourth-order valence-corrected chi connectivity index (χ4v) is 3.34. The number of nitrogens with zero attached hydrogens (tertiary/aromatic N) is 2. The summed E-state index contributed by atoms with van der Waals surface area (Å²) in [6.45, 7) is 3.77. The molecule has 0 unspecified atom stereocenters. The molecule has 178 valence electrons. The van der Waals surface area contributed by atoms with Gasteiger partial charge in [0, 0.05) is 23.1 Å². The summed E-state index contributed by atoms with van der Waals surface area (Å²) >= 11 is 0. The molecule has 1 heterocycles. The smallest absolute Gasteiger partial charge is 0.262 e. The van der Waals surface area contributed by atoms with Crippen molar-refractivity contribution in [2.75, 3.05) is 29.7 Å². The summed E-state index contributed by atoms with van der Waals surface area (Å²) in [5.74, 6) is 2.82. The van der Waals surface area contributed by atoms with E-state index in [1.54, 1.807) is 19.2 Å².